The minimum absolute atomic E-state index is 0.173. The third kappa shape index (κ3) is 3.16. The van der Waals surface area contributed by atoms with Crippen LogP contribution in [0.1, 0.15) is 11.4 Å². The Morgan fingerprint density at radius 3 is 2.42 bits per heavy atom. The second-order valence-corrected chi connectivity index (χ2v) is 7.42. The Morgan fingerprint density at radius 1 is 1.04 bits per heavy atom. The van der Waals surface area contributed by atoms with Crippen molar-refractivity contribution >= 4 is 27.3 Å². The van der Waals surface area contributed by atoms with E-state index >= 15 is 0 Å². The van der Waals surface area contributed by atoms with Crippen LogP contribution >= 0.6 is 11.6 Å². The van der Waals surface area contributed by atoms with Gasteiger partial charge in [-0.25, -0.2) is 13.1 Å². The molecule has 1 heterocycles. The van der Waals surface area contributed by atoms with Gasteiger partial charge in [-0.05, 0) is 44.2 Å². The summed E-state index contributed by atoms with van der Waals surface area (Å²) in [5.74, 6) is 0. The predicted octanol–water partition coefficient (Wildman–Crippen LogP) is 3.94. The Kier molecular flexibility index (Phi) is 4.34. The van der Waals surface area contributed by atoms with Crippen LogP contribution in [-0.4, -0.2) is 18.2 Å². The number of halogens is 1. The molecule has 0 fully saturated rings. The summed E-state index contributed by atoms with van der Waals surface area (Å²) in [7, 11) is -3.77. The third-order valence-corrected chi connectivity index (χ3v) is 5.44. The molecule has 3 rings (SSSR count). The Balaban J connectivity index is 2.04. The summed E-state index contributed by atoms with van der Waals surface area (Å²) in [6.07, 6.45) is 0. The van der Waals surface area contributed by atoms with Crippen LogP contribution in [0.5, 0.6) is 0 Å². The standard InChI is InChI=1S/C17H16ClN3O2S/c1-12-17(13(2)21(19-12)16-9-4-3-5-10-16)24(22,23)20-15-8-6-7-14(18)11-15/h3-11,20H,1-2H3. The van der Waals surface area contributed by atoms with E-state index in [1.165, 1.54) is 0 Å². The summed E-state index contributed by atoms with van der Waals surface area (Å²) in [4.78, 5) is 0.173. The molecular formula is C17H16ClN3O2S. The van der Waals surface area contributed by atoms with Crippen molar-refractivity contribution in [2.45, 2.75) is 18.7 Å². The zero-order valence-electron chi connectivity index (χ0n) is 13.2. The highest BCUT2D eigenvalue weighted by Gasteiger charge is 2.25. The highest BCUT2D eigenvalue weighted by Crippen LogP contribution is 2.25. The van der Waals surface area contributed by atoms with E-state index < -0.39 is 10.0 Å². The first-order valence-corrected chi connectivity index (χ1v) is 9.14. The molecule has 0 bridgehead atoms. The molecule has 0 amide bonds. The van der Waals surface area contributed by atoms with Crippen molar-refractivity contribution in [1.29, 1.82) is 0 Å². The van der Waals surface area contributed by atoms with Crippen LogP contribution in [0.25, 0.3) is 5.69 Å². The van der Waals surface area contributed by atoms with E-state index in [0.717, 1.165) is 5.69 Å². The summed E-state index contributed by atoms with van der Waals surface area (Å²) in [6.45, 7) is 3.42. The van der Waals surface area contributed by atoms with Crippen molar-refractivity contribution < 1.29 is 8.42 Å². The lowest BCUT2D eigenvalue weighted by atomic mass is 10.3. The van der Waals surface area contributed by atoms with E-state index in [9.17, 15) is 8.42 Å². The second-order valence-electron chi connectivity index (χ2n) is 5.36. The Morgan fingerprint density at radius 2 is 1.75 bits per heavy atom. The summed E-state index contributed by atoms with van der Waals surface area (Å²) in [5, 5.41) is 4.84. The number of rotatable bonds is 4. The molecule has 5 nitrogen and oxygen atoms in total. The molecule has 0 saturated carbocycles. The number of nitrogens with one attached hydrogen (secondary N) is 1. The Bertz CT molecular complexity index is 982. The number of benzene rings is 2. The van der Waals surface area contributed by atoms with Gasteiger partial charge in [-0.1, -0.05) is 35.9 Å². The summed E-state index contributed by atoms with van der Waals surface area (Å²) in [5.41, 5.74) is 2.20. The molecule has 2 aromatic carbocycles. The van der Waals surface area contributed by atoms with Gasteiger partial charge in [0.2, 0.25) is 0 Å². The van der Waals surface area contributed by atoms with Gasteiger partial charge in [0.15, 0.2) is 0 Å². The summed E-state index contributed by atoms with van der Waals surface area (Å²) in [6, 6.07) is 16.0. The smallest absolute Gasteiger partial charge is 0.265 e. The molecule has 3 aromatic rings. The number of para-hydroxylation sites is 1. The van der Waals surface area contributed by atoms with Gasteiger partial charge in [-0.15, -0.1) is 0 Å². The molecule has 1 aromatic heterocycles. The van der Waals surface area contributed by atoms with Crippen LogP contribution in [0, 0.1) is 13.8 Å². The normalized spacial score (nSPS) is 11.5. The first-order chi connectivity index (χ1) is 11.4. The lowest BCUT2D eigenvalue weighted by Crippen LogP contribution is -2.15. The van der Waals surface area contributed by atoms with E-state index in [0.29, 0.717) is 22.1 Å². The molecular weight excluding hydrogens is 346 g/mol. The number of sulfonamides is 1. The molecule has 0 aliphatic rings. The maximum Gasteiger partial charge on any atom is 0.265 e. The summed E-state index contributed by atoms with van der Waals surface area (Å²) < 4.78 is 29.8. The molecule has 0 radical (unpaired) electrons. The van der Waals surface area contributed by atoms with E-state index in [1.54, 1.807) is 42.8 Å². The van der Waals surface area contributed by atoms with Gasteiger partial charge >= 0.3 is 0 Å². The Labute approximate surface area is 145 Å². The van der Waals surface area contributed by atoms with Crippen molar-refractivity contribution in [1.82, 2.24) is 9.78 Å². The summed E-state index contributed by atoms with van der Waals surface area (Å²) >= 11 is 5.92. The highest BCUT2D eigenvalue weighted by molar-refractivity contribution is 7.92. The minimum Gasteiger partial charge on any atom is -0.279 e. The fourth-order valence-corrected chi connectivity index (χ4v) is 4.23. The minimum atomic E-state index is -3.77. The fourth-order valence-electron chi connectivity index (χ4n) is 2.60. The third-order valence-electron chi connectivity index (χ3n) is 3.57. The first kappa shape index (κ1) is 16.5. The van der Waals surface area contributed by atoms with Gasteiger partial charge in [-0.3, -0.25) is 4.72 Å². The zero-order valence-corrected chi connectivity index (χ0v) is 14.8. The molecule has 24 heavy (non-hydrogen) atoms. The number of aromatic nitrogens is 2. The molecule has 0 aliphatic heterocycles. The highest BCUT2D eigenvalue weighted by atomic mass is 35.5. The SMILES string of the molecule is Cc1nn(-c2ccccc2)c(C)c1S(=O)(=O)Nc1cccc(Cl)c1. The largest absolute Gasteiger partial charge is 0.279 e. The van der Waals surface area contributed by atoms with E-state index in [2.05, 4.69) is 9.82 Å². The monoisotopic (exact) mass is 361 g/mol. The van der Waals surface area contributed by atoms with Crippen LogP contribution in [0.3, 0.4) is 0 Å². The zero-order chi connectivity index (χ0) is 17.3. The van der Waals surface area contributed by atoms with Crippen LogP contribution < -0.4 is 4.72 Å². The van der Waals surface area contributed by atoms with Crippen LogP contribution in [0.2, 0.25) is 5.02 Å². The molecule has 0 unspecified atom stereocenters. The van der Waals surface area contributed by atoms with Crippen molar-refractivity contribution in [2.75, 3.05) is 4.72 Å². The molecule has 124 valence electrons. The van der Waals surface area contributed by atoms with Crippen LogP contribution in [0.4, 0.5) is 5.69 Å². The van der Waals surface area contributed by atoms with Gasteiger partial charge in [0.25, 0.3) is 10.0 Å². The van der Waals surface area contributed by atoms with Crippen LogP contribution in [0.15, 0.2) is 59.5 Å². The van der Waals surface area contributed by atoms with Gasteiger partial charge in [0.05, 0.1) is 22.8 Å². The van der Waals surface area contributed by atoms with Crippen molar-refractivity contribution in [3.63, 3.8) is 0 Å². The van der Waals surface area contributed by atoms with E-state index in [1.807, 2.05) is 30.3 Å². The van der Waals surface area contributed by atoms with Crippen molar-refractivity contribution in [3.8, 4) is 5.69 Å². The lowest BCUT2D eigenvalue weighted by Gasteiger charge is -2.09. The molecule has 0 saturated heterocycles. The molecule has 0 spiro atoms. The van der Waals surface area contributed by atoms with E-state index in [-0.39, 0.29) is 4.90 Å². The maximum absolute atomic E-state index is 12.8. The second kappa shape index (κ2) is 6.30. The molecule has 1 N–H and O–H groups in total. The Hall–Kier alpha value is -2.31. The molecule has 0 atom stereocenters. The number of nitrogens with zero attached hydrogens (tertiary/aromatic N) is 2. The lowest BCUT2D eigenvalue weighted by molar-refractivity contribution is 0.600. The van der Waals surface area contributed by atoms with Crippen molar-refractivity contribution in [3.05, 3.63) is 71.0 Å². The van der Waals surface area contributed by atoms with E-state index in [4.69, 9.17) is 11.6 Å². The average Bonchev–Trinajstić information content (AvgIpc) is 2.83. The van der Waals surface area contributed by atoms with Crippen molar-refractivity contribution in [2.24, 2.45) is 0 Å². The predicted molar refractivity (Wildman–Crippen MR) is 95.3 cm³/mol. The van der Waals surface area contributed by atoms with Gasteiger partial charge < -0.3 is 0 Å². The van der Waals surface area contributed by atoms with Crippen LogP contribution in [-0.2, 0) is 10.0 Å². The average molecular weight is 362 g/mol. The number of hydrogen-bond acceptors (Lipinski definition) is 3. The van der Waals surface area contributed by atoms with Gasteiger partial charge in [0, 0.05) is 5.02 Å². The maximum atomic E-state index is 12.8. The van der Waals surface area contributed by atoms with Gasteiger partial charge in [-0.2, -0.15) is 5.10 Å². The number of hydrogen-bond donors (Lipinski definition) is 1. The number of aryl methyl sites for hydroxylation is 1. The number of anilines is 1. The fraction of sp³-hybridized carbons (Fsp3) is 0.118. The topological polar surface area (TPSA) is 64.0 Å². The quantitative estimate of drug-likeness (QED) is 0.765. The van der Waals surface area contributed by atoms with Gasteiger partial charge in [0.1, 0.15) is 4.90 Å². The molecule has 7 heteroatoms. The molecule has 0 aliphatic carbocycles. The first-order valence-electron chi connectivity index (χ1n) is 7.28.